The Morgan fingerprint density at radius 3 is 2.67 bits per heavy atom. The van der Waals surface area contributed by atoms with Crippen molar-refractivity contribution in [1.29, 1.82) is 5.26 Å². The van der Waals surface area contributed by atoms with Crippen molar-refractivity contribution in [2.75, 3.05) is 31.6 Å². The molecule has 1 amide bonds. The minimum atomic E-state index is -0.714. The maximum Gasteiger partial charge on any atom is 0.230 e. The topological polar surface area (TPSA) is 87.0 Å². The van der Waals surface area contributed by atoms with Crippen molar-refractivity contribution in [2.45, 2.75) is 18.3 Å². The molecular formula is C20H21FN4O2. The van der Waals surface area contributed by atoms with Gasteiger partial charge in [0.05, 0.1) is 11.0 Å². The molecule has 2 aromatic rings. The van der Waals surface area contributed by atoms with Crippen molar-refractivity contribution in [1.82, 2.24) is 10.3 Å². The first-order valence-electron chi connectivity index (χ1n) is 8.87. The second-order valence-corrected chi connectivity index (χ2v) is 6.40. The fraction of sp³-hybridized carbons (Fsp3) is 0.350. The quantitative estimate of drug-likeness (QED) is 0.765. The smallest absolute Gasteiger partial charge is 0.230 e. The highest BCUT2D eigenvalue weighted by molar-refractivity contribution is 5.88. The van der Waals surface area contributed by atoms with E-state index in [0.29, 0.717) is 50.5 Å². The van der Waals surface area contributed by atoms with Crippen molar-refractivity contribution >= 4 is 11.7 Å². The molecule has 0 saturated carbocycles. The number of benzene rings is 1. The summed E-state index contributed by atoms with van der Waals surface area (Å²) < 4.78 is 18.7. The summed E-state index contributed by atoms with van der Waals surface area (Å²) in [5.41, 5.74) is 0.541. The zero-order valence-corrected chi connectivity index (χ0v) is 14.9. The third-order valence-corrected chi connectivity index (χ3v) is 4.81. The van der Waals surface area contributed by atoms with Gasteiger partial charge in [0.25, 0.3) is 0 Å². The summed E-state index contributed by atoms with van der Waals surface area (Å²) in [6.07, 6.45) is 2.71. The predicted octanol–water partition coefficient (Wildman–Crippen LogP) is 2.37. The average Bonchev–Trinajstić information content (AvgIpc) is 2.72. The van der Waals surface area contributed by atoms with Crippen LogP contribution in [0.2, 0.25) is 0 Å². The SMILES string of the molecule is N#Cc1cccnc1NCCNC(=O)C1(c2ccc(F)cc2)CCOCC1. The molecule has 0 bridgehead atoms. The second-order valence-electron chi connectivity index (χ2n) is 6.40. The molecule has 1 aliphatic heterocycles. The van der Waals surface area contributed by atoms with Gasteiger partial charge in [0, 0.05) is 32.5 Å². The number of carbonyl (C=O) groups excluding carboxylic acids is 1. The number of anilines is 1. The number of pyridine rings is 1. The van der Waals surface area contributed by atoms with Crippen molar-refractivity contribution in [3.05, 3.63) is 59.5 Å². The van der Waals surface area contributed by atoms with E-state index in [2.05, 4.69) is 21.7 Å². The lowest BCUT2D eigenvalue weighted by atomic mass is 9.73. The van der Waals surface area contributed by atoms with E-state index in [-0.39, 0.29) is 11.7 Å². The molecule has 2 N–H and O–H groups in total. The molecule has 1 aliphatic rings. The zero-order chi connectivity index (χ0) is 19.1. The predicted molar refractivity (Wildman–Crippen MR) is 98.6 cm³/mol. The normalized spacial score (nSPS) is 15.6. The number of aromatic nitrogens is 1. The molecule has 1 saturated heterocycles. The first-order chi connectivity index (χ1) is 13.2. The summed E-state index contributed by atoms with van der Waals surface area (Å²) in [5.74, 6) is 0.0727. The Morgan fingerprint density at radius 1 is 1.22 bits per heavy atom. The number of carbonyl (C=O) groups is 1. The Kier molecular flexibility index (Phi) is 5.99. The van der Waals surface area contributed by atoms with Gasteiger partial charge in [-0.3, -0.25) is 4.79 Å². The van der Waals surface area contributed by atoms with Crippen LogP contribution >= 0.6 is 0 Å². The number of nitriles is 1. The first-order valence-corrected chi connectivity index (χ1v) is 8.87. The van der Waals surface area contributed by atoms with Gasteiger partial charge in [-0.05, 0) is 42.7 Å². The van der Waals surface area contributed by atoms with Crippen molar-refractivity contribution in [2.24, 2.45) is 0 Å². The third-order valence-electron chi connectivity index (χ3n) is 4.81. The van der Waals surface area contributed by atoms with Crippen LogP contribution in [0.3, 0.4) is 0 Å². The number of rotatable bonds is 6. The third kappa shape index (κ3) is 4.23. The molecule has 0 unspecified atom stereocenters. The van der Waals surface area contributed by atoms with Crippen LogP contribution in [0.5, 0.6) is 0 Å². The molecule has 27 heavy (non-hydrogen) atoms. The lowest BCUT2D eigenvalue weighted by molar-refractivity contribution is -0.130. The lowest BCUT2D eigenvalue weighted by Gasteiger charge is -2.36. The van der Waals surface area contributed by atoms with E-state index in [4.69, 9.17) is 10.00 Å². The van der Waals surface area contributed by atoms with Gasteiger partial charge in [-0.15, -0.1) is 0 Å². The molecule has 0 spiro atoms. The molecular weight excluding hydrogens is 347 g/mol. The fourth-order valence-electron chi connectivity index (χ4n) is 3.30. The van der Waals surface area contributed by atoms with Crippen molar-refractivity contribution in [3.63, 3.8) is 0 Å². The van der Waals surface area contributed by atoms with Gasteiger partial charge < -0.3 is 15.4 Å². The van der Waals surface area contributed by atoms with Crippen LogP contribution in [0.25, 0.3) is 0 Å². The summed E-state index contributed by atoms with van der Waals surface area (Å²) in [6.45, 7) is 1.79. The molecule has 0 radical (unpaired) electrons. The van der Waals surface area contributed by atoms with E-state index in [0.717, 1.165) is 5.56 Å². The maximum atomic E-state index is 13.3. The standard InChI is InChI=1S/C20H21FN4O2/c21-17-5-3-16(4-6-17)20(7-12-27-13-8-20)19(26)25-11-10-24-18-15(14-22)2-1-9-23-18/h1-6,9H,7-8,10-13H2,(H,23,24)(H,25,26). The summed E-state index contributed by atoms with van der Waals surface area (Å²) in [4.78, 5) is 17.1. The number of amides is 1. The molecule has 3 rings (SSSR count). The van der Waals surface area contributed by atoms with Gasteiger partial charge in [0.2, 0.25) is 5.91 Å². The Labute approximate surface area is 157 Å². The zero-order valence-electron chi connectivity index (χ0n) is 14.9. The Morgan fingerprint density at radius 2 is 1.96 bits per heavy atom. The van der Waals surface area contributed by atoms with E-state index in [9.17, 15) is 9.18 Å². The van der Waals surface area contributed by atoms with Crippen LogP contribution in [0, 0.1) is 17.1 Å². The summed E-state index contributed by atoms with van der Waals surface area (Å²) >= 11 is 0. The monoisotopic (exact) mass is 368 g/mol. The molecule has 1 aromatic carbocycles. The number of ether oxygens (including phenoxy) is 1. The van der Waals surface area contributed by atoms with Gasteiger partial charge in [-0.1, -0.05) is 12.1 Å². The highest BCUT2D eigenvalue weighted by Crippen LogP contribution is 2.35. The fourth-order valence-corrected chi connectivity index (χ4v) is 3.30. The minimum Gasteiger partial charge on any atom is -0.381 e. The highest BCUT2D eigenvalue weighted by atomic mass is 19.1. The van der Waals surface area contributed by atoms with Crippen LogP contribution in [0.4, 0.5) is 10.2 Å². The molecule has 1 fully saturated rings. The van der Waals surface area contributed by atoms with Gasteiger partial charge in [-0.2, -0.15) is 5.26 Å². The van der Waals surface area contributed by atoms with Gasteiger partial charge in [0.1, 0.15) is 17.7 Å². The number of hydrogen-bond donors (Lipinski definition) is 2. The van der Waals surface area contributed by atoms with E-state index < -0.39 is 5.41 Å². The molecule has 140 valence electrons. The van der Waals surface area contributed by atoms with Gasteiger partial charge in [-0.25, -0.2) is 9.37 Å². The molecule has 0 aliphatic carbocycles. The van der Waals surface area contributed by atoms with E-state index in [1.54, 1.807) is 30.5 Å². The summed E-state index contributed by atoms with van der Waals surface area (Å²) in [6, 6.07) is 11.6. The van der Waals surface area contributed by atoms with Crippen LogP contribution in [0.15, 0.2) is 42.6 Å². The van der Waals surface area contributed by atoms with Crippen molar-refractivity contribution < 1.29 is 13.9 Å². The van der Waals surface area contributed by atoms with Crippen LogP contribution in [0.1, 0.15) is 24.0 Å². The van der Waals surface area contributed by atoms with E-state index in [1.165, 1.54) is 12.1 Å². The van der Waals surface area contributed by atoms with Crippen LogP contribution in [-0.4, -0.2) is 37.2 Å². The maximum absolute atomic E-state index is 13.3. The number of nitrogens with zero attached hydrogens (tertiary/aromatic N) is 2. The minimum absolute atomic E-state index is 0.0965. The van der Waals surface area contributed by atoms with Crippen LogP contribution < -0.4 is 10.6 Å². The summed E-state index contributed by atoms with van der Waals surface area (Å²) in [7, 11) is 0. The number of hydrogen-bond acceptors (Lipinski definition) is 5. The molecule has 7 heteroatoms. The van der Waals surface area contributed by atoms with Gasteiger partial charge >= 0.3 is 0 Å². The van der Waals surface area contributed by atoms with Crippen LogP contribution in [-0.2, 0) is 14.9 Å². The summed E-state index contributed by atoms with van der Waals surface area (Å²) in [5, 5.41) is 15.1. The highest BCUT2D eigenvalue weighted by Gasteiger charge is 2.41. The first kappa shape index (κ1) is 18.8. The second kappa shape index (κ2) is 8.60. The lowest BCUT2D eigenvalue weighted by Crippen LogP contribution is -2.49. The molecule has 1 aromatic heterocycles. The number of halogens is 1. The average molecular weight is 368 g/mol. The van der Waals surface area contributed by atoms with Crippen molar-refractivity contribution in [3.8, 4) is 6.07 Å². The Balaban J connectivity index is 1.63. The van der Waals surface area contributed by atoms with Gasteiger partial charge in [0.15, 0.2) is 0 Å². The Hall–Kier alpha value is -2.98. The largest absolute Gasteiger partial charge is 0.381 e. The number of nitrogens with one attached hydrogen (secondary N) is 2. The Bertz CT molecular complexity index is 827. The molecule has 0 atom stereocenters. The molecule has 2 heterocycles. The van der Waals surface area contributed by atoms with E-state index >= 15 is 0 Å². The molecule has 6 nitrogen and oxygen atoms in total. The van der Waals surface area contributed by atoms with E-state index in [1.807, 2.05) is 0 Å².